The zero-order chi connectivity index (χ0) is 19.8. The lowest BCUT2D eigenvalue weighted by atomic mass is 9.80. The Bertz CT molecular complexity index is 475. The zero-order valence-electron chi connectivity index (χ0n) is 17.8. The first-order valence-electron chi connectivity index (χ1n) is 11.7. The molecule has 1 saturated heterocycles. The lowest BCUT2D eigenvalue weighted by Gasteiger charge is -2.37. The number of ether oxygens (including phenoxy) is 3. The number of hydrogen-bond acceptors (Lipinski definition) is 4. The first kappa shape index (κ1) is 21.8. The molecule has 2 saturated carbocycles. The van der Waals surface area contributed by atoms with Gasteiger partial charge in [0.2, 0.25) is 0 Å². The van der Waals surface area contributed by atoms with Gasteiger partial charge in [-0.2, -0.15) is 0 Å². The molecule has 1 heterocycles. The minimum absolute atomic E-state index is 0.0322. The van der Waals surface area contributed by atoms with Gasteiger partial charge in [-0.15, -0.1) is 6.58 Å². The van der Waals surface area contributed by atoms with Crippen LogP contribution >= 0.6 is 0 Å². The molecule has 0 aromatic heterocycles. The van der Waals surface area contributed by atoms with Gasteiger partial charge < -0.3 is 14.2 Å². The molecule has 28 heavy (non-hydrogen) atoms. The Morgan fingerprint density at radius 3 is 2.18 bits per heavy atom. The van der Waals surface area contributed by atoms with Crippen LogP contribution in [-0.2, 0) is 19.0 Å². The van der Waals surface area contributed by atoms with Crippen LogP contribution in [0, 0.1) is 17.8 Å². The zero-order valence-corrected chi connectivity index (χ0v) is 17.8. The van der Waals surface area contributed by atoms with Gasteiger partial charge in [0.25, 0.3) is 0 Å². The number of allylic oxidation sites excluding steroid dienone is 1. The highest BCUT2D eigenvalue weighted by atomic mass is 16.7. The lowest BCUT2D eigenvalue weighted by molar-refractivity contribution is -0.167. The van der Waals surface area contributed by atoms with E-state index in [9.17, 15) is 4.79 Å². The summed E-state index contributed by atoms with van der Waals surface area (Å²) in [6, 6.07) is 0. The Balaban J connectivity index is 1.26. The second-order valence-corrected chi connectivity index (χ2v) is 9.15. The average Bonchev–Trinajstić information content (AvgIpc) is 2.73. The van der Waals surface area contributed by atoms with E-state index in [4.69, 9.17) is 14.2 Å². The van der Waals surface area contributed by atoms with Gasteiger partial charge in [-0.3, -0.25) is 4.79 Å². The third-order valence-electron chi connectivity index (χ3n) is 7.32. The highest BCUT2D eigenvalue weighted by Gasteiger charge is 2.35. The molecule has 0 aromatic rings. The number of rotatable bonds is 9. The topological polar surface area (TPSA) is 44.8 Å². The Hall–Kier alpha value is -0.870. The molecule has 160 valence electrons. The number of esters is 1. The molecule has 3 aliphatic rings. The Kier molecular flexibility index (Phi) is 8.85. The predicted molar refractivity (Wildman–Crippen MR) is 111 cm³/mol. The van der Waals surface area contributed by atoms with Gasteiger partial charge in [0, 0.05) is 0 Å². The largest absolute Gasteiger partial charge is 0.462 e. The Morgan fingerprint density at radius 1 is 0.964 bits per heavy atom. The number of cyclic esters (lactones) is 1. The fourth-order valence-electron chi connectivity index (χ4n) is 5.29. The molecule has 2 aliphatic carbocycles. The maximum atomic E-state index is 12.0. The summed E-state index contributed by atoms with van der Waals surface area (Å²) in [6.07, 6.45) is 17.5. The molecule has 3 rings (SSSR count). The smallest absolute Gasteiger partial charge is 0.309 e. The van der Waals surface area contributed by atoms with Crippen LogP contribution in [-0.4, -0.2) is 31.1 Å². The lowest BCUT2D eigenvalue weighted by Crippen LogP contribution is -2.38. The van der Waals surface area contributed by atoms with Crippen LogP contribution in [0.25, 0.3) is 0 Å². The van der Waals surface area contributed by atoms with E-state index >= 15 is 0 Å². The molecular weight excluding hydrogens is 352 g/mol. The normalized spacial score (nSPS) is 36.7. The average molecular weight is 393 g/mol. The molecule has 4 heteroatoms. The van der Waals surface area contributed by atoms with Gasteiger partial charge in [-0.1, -0.05) is 13.0 Å². The quantitative estimate of drug-likeness (QED) is 0.283. The summed E-state index contributed by atoms with van der Waals surface area (Å²) in [5, 5.41) is 0. The summed E-state index contributed by atoms with van der Waals surface area (Å²) >= 11 is 0. The minimum atomic E-state index is 0.0322. The van der Waals surface area contributed by atoms with Crippen LogP contribution in [0.2, 0.25) is 0 Å². The fraction of sp³-hybridized carbons (Fsp3) is 0.875. The number of carbonyl (C=O) groups excluding carboxylic acids is 1. The van der Waals surface area contributed by atoms with Gasteiger partial charge in [-0.05, 0) is 95.3 Å². The molecule has 0 amide bonds. The molecule has 0 radical (unpaired) electrons. The SMILES string of the molecule is C=CCCC1CCC(OCOC2CCC(C3CCC(CC)C(=O)O3)CC2)CC1. The standard InChI is InChI=1S/C24H40O4/c1-3-5-6-18-7-12-21(13-8-18)26-17-27-22-14-9-20(10-15-22)23-16-11-19(4-2)24(25)28-23/h3,18-23H,1,4-17H2,2H3. The highest BCUT2D eigenvalue weighted by molar-refractivity contribution is 5.73. The van der Waals surface area contributed by atoms with Crippen molar-refractivity contribution in [3.05, 3.63) is 12.7 Å². The van der Waals surface area contributed by atoms with Crippen molar-refractivity contribution >= 4 is 5.97 Å². The molecule has 1 aliphatic heterocycles. The van der Waals surface area contributed by atoms with Crippen LogP contribution in [0.4, 0.5) is 0 Å². The van der Waals surface area contributed by atoms with E-state index in [1.807, 2.05) is 6.08 Å². The molecule has 2 unspecified atom stereocenters. The van der Waals surface area contributed by atoms with E-state index in [0.29, 0.717) is 24.9 Å². The van der Waals surface area contributed by atoms with E-state index in [1.165, 1.54) is 32.1 Å². The molecule has 0 N–H and O–H groups in total. The summed E-state index contributed by atoms with van der Waals surface area (Å²) < 4.78 is 17.8. The van der Waals surface area contributed by atoms with Crippen molar-refractivity contribution in [2.24, 2.45) is 17.8 Å². The second kappa shape index (κ2) is 11.3. The van der Waals surface area contributed by atoms with Crippen molar-refractivity contribution in [2.75, 3.05) is 6.79 Å². The highest BCUT2D eigenvalue weighted by Crippen LogP contribution is 2.36. The summed E-state index contributed by atoms with van der Waals surface area (Å²) in [5.74, 6) is 1.54. The minimum Gasteiger partial charge on any atom is -0.462 e. The summed E-state index contributed by atoms with van der Waals surface area (Å²) in [4.78, 5) is 12.0. The van der Waals surface area contributed by atoms with Gasteiger partial charge in [0.1, 0.15) is 12.9 Å². The predicted octanol–water partition coefficient (Wildman–Crippen LogP) is 5.79. The van der Waals surface area contributed by atoms with Crippen LogP contribution in [0.5, 0.6) is 0 Å². The summed E-state index contributed by atoms with van der Waals surface area (Å²) in [6.45, 7) is 6.34. The third kappa shape index (κ3) is 6.32. The number of hydrogen-bond donors (Lipinski definition) is 0. The molecule has 2 atom stereocenters. The first-order chi connectivity index (χ1) is 13.7. The van der Waals surface area contributed by atoms with Crippen molar-refractivity contribution in [3.63, 3.8) is 0 Å². The van der Waals surface area contributed by atoms with E-state index in [-0.39, 0.29) is 18.0 Å². The molecule has 0 bridgehead atoms. The van der Waals surface area contributed by atoms with Crippen molar-refractivity contribution in [1.29, 1.82) is 0 Å². The van der Waals surface area contributed by atoms with Crippen molar-refractivity contribution < 1.29 is 19.0 Å². The maximum Gasteiger partial charge on any atom is 0.309 e. The van der Waals surface area contributed by atoms with Gasteiger partial charge in [0.15, 0.2) is 0 Å². The Labute approximate surface area is 171 Å². The molecular formula is C24H40O4. The first-order valence-corrected chi connectivity index (χ1v) is 11.7. The monoisotopic (exact) mass is 392 g/mol. The summed E-state index contributed by atoms with van der Waals surface area (Å²) in [5.41, 5.74) is 0. The van der Waals surface area contributed by atoms with Crippen molar-refractivity contribution in [2.45, 2.75) is 109 Å². The van der Waals surface area contributed by atoms with E-state index in [2.05, 4.69) is 13.5 Å². The van der Waals surface area contributed by atoms with Gasteiger partial charge >= 0.3 is 5.97 Å². The number of carbonyl (C=O) groups is 1. The van der Waals surface area contributed by atoms with Crippen LogP contribution in [0.15, 0.2) is 12.7 Å². The third-order valence-corrected chi connectivity index (χ3v) is 7.32. The second-order valence-electron chi connectivity index (χ2n) is 9.15. The van der Waals surface area contributed by atoms with Gasteiger partial charge in [-0.25, -0.2) is 0 Å². The van der Waals surface area contributed by atoms with Crippen LogP contribution in [0.3, 0.4) is 0 Å². The van der Waals surface area contributed by atoms with E-state index < -0.39 is 0 Å². The van der Waals surface area contributed by atoms with Crippen molar-refractivity contribution in [1.82, 2.24) is 0 Å². The van der Waals surface area contributed by atoms with E-state index in [0.717, 1.165) is 57.3 Å². The molecule has 0 spiro atoms. The molecule has 4 nitrogen and oxygen atoms in total. The van der Waals surface area contributed by atoms with Gasteiger partial charge in [0.05, 0.1) is 18.1 Å². The van der Waals surface area contributed by atoms with Crippen LogP contribution < -0.4 is 0 Å². The molecule has 3 fully saturated rings. The summed E-state index contributed by atoms with van der Waals surface area (Å²) in [7, 11) is 0. The van der Waals surface area contributed by atoms with Crippen LogP contribution in [0.1, 0.15) is 90.4 Å². The molecule has 0 aromatic carbocycles. The van der Waals surface area contributed by atoms with Crippen molar-refractivity contribution in [3.8, 4) is 0 Å². The van der Waals surface area contributed by atoms with E-state index in [1.54, 1.807) is 0 Å². The Morgan fingerprint density at radius 2 is 1.61 bits per heavy atom. The fourth-order valence-corrected chi connectivity index (χ4v) is 5.29. The maximum absolute atomic E-state index is 12.0.